The molecule has 0 aromatic heterocycles. The van der Waals surface area contributed by atoms with Crippen LogP contribution in [0.2, 0.25) is 0 Å². The number of fused-ring (bicyclic) bond motifs is 1. The minimum absolute atomic E-state index is 1.01. The molecule has 0 radical (unpaired) electrons. The summed E-state index contributed by atoms with van der Waals surface area (Å²) in [6.45, 7) is 6.31. The first kappa shape index (κ1) is 16.0. The molecular weight excluding hydrogens is 264 g/mol. The van der Waals surface area contributed by atoms with Gasteiger partial charge in [0.2, 0.25) is 0 Å². The van der Waals surface area contributed by atoms with Crippen molar-refractivity contribution in [1.82, 2.24) is 0 Å². The van der Waals surface area contributed by atoms with Crippen LogP contribution in [0.15, 0.2) is 54.6 Å². The Kier molecular flexibility index (Phi) is 7.47. The number of rotatable bonds is 0. The molecule has 1 aliphatic carbocycles. The van der Waals surface area contributed by atoms with Gasteiger partial charge in [0.05, 0.1) is 0 Å². The first-order valence-corrected chi connectivity index (χ1v) is 7.24. The Hall–Kier alpha value is -1.11. The van der Waals surface area contributed by atoms with Gasteiger partial charge in [0, 0.05) is 0 Å². The van der Waals surface area contributed by atoms with Gasteiger partial charge in [0.25, 0.3) is 0 Å². The molecule has 2 aromatic rings. The Morgan fingerprint density at radius 2 is 1.95 bits per heavy atom. The third-order valence-electron chi connectivity index (χ3n) is 2.48. The SMILES string of the molecule is C[C](C)=[Ti+2].Cc1c[cH-]c2ccccc12.[C-]1=CC=CC1. The van der Waals surface area contributed by atoms with E-state index >= 15 is 0 Å². The van der Waals surface area contributed by atoms with Crippen molar-refractivity contribution >= 4 is 14.6 Å². The smallest absolute Gasteiger partial charge is 0.0809 e. The maximum absolute atomic E-state index is 2.99. The van der Waals surface area contributed by atoms with E-state index in [2.05, 4.69) is 89.3 Å². The summed E-state index contributed by atoms with van der Waals surface area (Å²) in [7, 11) is 0. The Balaban J connectivity index is 0.000000169. The zero-order valence-electron chi connectivity index (χ0n) is 11.9. The molecule has 0 aliphatic heterocycles. The predicted molar refractivity (Wildman–Crippen MR) is 82.2 cm³/mol. The standard InChI is InChI=1S/C10H9.C5H5.C3H6.Ti/c1-8-6-7-9-4-2-3-5-10(8)9;1-2-4-5-3-1;1-3-2;/h2-7H,1H3;1-3H,4H2;1-2H3;/q2*-1;;+2. The van der Waals surface area contributed by atoms with Crippen molar-refractivity contribution in [2.24, 2.45) is 0 Å². The molecule has 1 aliphatic rings. The molecule has 1 heteroatoms. The third-order valence-corrected chi connectivity index (χ3v) is 2.48. The summed E-state index contributed by atoms with van der Waals surface area (Å²) in [4.78, 5) is 0. The molecule has 96 valence electrons. The summed E-state index contributed by atoms with van der Waals surface area (Å²) >= 11 is 2.08. The van der Waals surface area contributed by atoms with Crippen LogP contribution in [0, 0.1) is 13.0 Å². The van der Waals surface area contributed by atoms with Gasteiger partial charge < -0.3 is 0 Å². The molecule has 0 fully saturated rings. The summed E-state index contributed by atoms with van der Waals surface area (Å²) in [5, 5.41) is 2.72. The maximum Gasteiger partial charge on any atom is -0.0809 e. The van der Waals surface area contributed by atoms with Crippen molar-refractivity contribution in [2.75, 3.05) is 0 Å². The van der Waals surface area contributed by atoms with Gasteiger partial charge in [-0.3, -0.25) is 6.08 Å². The fourth-order valence-electron chi connectivity index (χ4n) is 1.65. The second-order valence-corrected chi connectivity index (χ2v) is 6.17. The van der Waals surface area contributed by atoms with Crippen molar-refractivity contribution in [3.05, 3.63) is 66.3 Å². The second kappa shape index (κ2) is 8.90. The topological polar surface area (TPSA) is 0 Å². The summed E-state index contributed by atoms with van der Waals surface area (Å²) in [5.74, 6) is 0. The Bertz CT molecular complexity index is 556. The minimum Gasteiger partial charge on any atom is -0.273 e. The van der Waals surface area contributed by atoms with Crippen LogP contribution in [0.25, 0.3) is 10.8 Å². The van der Waals surface area contributed by atoms with Gasteiger partial charge in [-0.25, -0.2) is 12.2 Å². The van der Waals surface area contributed by atoms with Gasteiger partial charge in [-0.1, -0.05) is 13.0 Å². The molecule has 0 spiro atoms. The molecule has 0 atom stereocenters. The summed E-state index contributed by atoms with van der Waals surface area (Å²) < 4.78 is 1.42. The molecule has 0 bridgehead atoms. The zero-order chi connectivity index (χ0) is 14.1. The predicted octanol–water partition coefficient (Wildman–Crippen LogP) is 4.92. The normalized spacial score (nSPS) is 11.6. The molecular formula is C18H20Ti. The van der Waals surface area contributed by atoms with Crippen LogP contribution >= 0.6 is 0 Å². The van der Waals surface area contributed by atoms with Gasteiger partial charge in [-0.15, -0.1) is 41.5 Å². The summed E-state index contributed by atoms with van der Waals surface area (Å²) in [6.07, 6.45) is 10.0. The van der Waals surface area contributed by atoms with Crippen molar-refractivity contribution in [3.8, 4) is 0 Å². The van der Waals surface area contributed by atoms with Crippen LogP contribution in [0.3, 0.4) is 0 Å². The van der Waals surface area contributed by atoms with E-state index in [0.717, 1.165) is 6.42 Å². The third kappa shape index (κ3) is 6.56. The second-order valence-electron chi connectivity index (χ2n) is 4.61. The maximum atomic E-state index is 2.99. The van der Waals surface area contributed by atoms with Crippen LogP contribution in [0.5, 0.6) is 0 Å². The number of hydrogen-bond acceptors (Lipinski definition) is 0. The fraction of sp³-hybridized carbons (Fsp3) is 0.222. The van der Waals surface area contributed by atoms with E-state index in [1.54, 1.807) is 0 Å². The minimum atomic E-state index is 1.01. The average molecular weight is 284 g/mol. The number of hydrogen-bond donors (Lipinski definition) is 0. The van der Waals surface area contributed by atoms with E-state index in [-0.39, 0.29) is 0 Å². The monoisotopic (exact) mass is 284 g/mol. The van der Waals surface area contributed by atoms with Crippen LogP contribution in [0.4, 0.5) is 0 Å². The van der Waals surface area contributed by atoms with E-state index in [1.807, 2.05) is 12.2 Å². The van der Waals surface area contributed by atoms with Crippen LogP contribution in [-0.2, 0) is 20.0 Å². The first-order valence-electron chi connectivity index (χ1n) is 6.46. The molecule has 0 nitrogen and oxygen atoms in total. The largest absolute Gasteiger partial charge is 0.273 e. The summed E-state index contributed by atoms with van der Waals surface area (Å²) in [5.41, 5.74) is 1.37. The van der Waals surface area contributed by atoms with Gasteiger partial charge in [-0.2, -0.15) is 17.7 Å². The van der Waals surface area contributed by atoms with E-state index in [0.29, 0.717) is 0 Å². The number of aryl methyl sites for hydroxylation is 1. The van der Waals surface area contributed by atoms with Crippen molar-refractivity contribution in [2.45, 2.75) is 27.2 Å². The van der Waals surface area contributed by atoms with Crippen LogP contribution in [0.1, 0.15) is 25.8 Å². The Morgan fingerprint density at radius 3 is 2.42 bits per heavy atom. The Labute approximate surface area is 128 Å². The summed E-state index contributed by atoms with van der Waals surface area (Å²) in [6, 6.07) is 12.8. The molecule has 2 aromatic carbocycles. The van der Waals surface area contributed by atoms with Crippen LogP contribution < -0.4 is 0 Å². The van der Waals surface area contributed by atoms with Crippen molar-refractivity contribution < 1.29 is 20.0 Å². The van der Waals surface area contributed by atoms with E-state index in [1.165, 1.54) is 20.1 Å². The number of benzene rings is 1. The van der Waals surface area contributed by atoms with Crippen molar-refractivity contribution in [3.63, 3.8) is 0 Å². The van der Waals surface area contributed by atoms with Gasteiger partial charge in [-0.05, 0) is 0 Å². The van der Waals surface area contributed by atoms with Crippen LogP contribution in [-0.4, -0.2) is 3.81 Å². The van der Waals surface area contributed by atoms with Crippen molar-refractivity contribution in [1.29, 1.82) is 0 Å². The van der Waals surface area contributed by atoms with Gasteiger partial charge in [0.15, 0.2) is 0 Å². The molecule has 0 heterocycles. The Morgan fingerprint density at radius 1 is 1.26 bits per heavy atom. The first-order chi connectivity index (χ1) is 9.11. The van der Waals surface area contributed by atoms with Gasteiger partial charge in [0.1, 0.15) is 0 Å². The molecule has 3 rings (SSSR count). The van der Waals surface area contributed by atoms with E-state index in [4.69, 9.17) is 0 Å². The zero-order valence-corrected chi connectivity index (χ0v) is 13.5. The molecule has 0 amide bonds. The average Bonchev–Trinajstić information content (AvgIpc) is 3.03. The molecule has 19 heavy (non-hydrogen) atoms. The molecule has 0 saturated heterocycles. The van der Waals surface area contributed by atoms with E-state index in [9.17, 15) is 0 Å². The molecule has 0 saturated carbocycles. The molecule has 0 unspecified atom stereocenters. The molecule has 0 N–H and O–H groups in total. The fourth-order valence-corrected chi connectivity index (χ4v) is 1.65. The quantitative estimate of drug-likeness (QED) is 0.476. The van der Waals surface area contributed by atoms with E-state index < -0.39 is 0 Å². The number of allylic oxidation sites excluding steroid dienone is 4. The van der Waals surface area contributed by atoms with Gasteiger partial charge >= 0.3 is 37.6 Å².